The number of benzene rings is 3. The van der Waals surface area contributed by atoms with Gasteiger partial charge < -0.3 is 15.4 Å². The van der Waals surface area contributed by atoms with E-state index in [4.69, 9.17) is 5.73 Å². The van der Waals surface area contributed by atoms with Crippen molar-refractivity contribution in [3.05, 3.63) is 48.5 Å². The molecule has 0 aliphatic carbocycles. The molecule has 0 spiro atoms. The van der Waals surface area contributed by atoms with Gasteiger partial charge in [-0.3, -0.25) is 4.55 Å². The molecule has 0 bridgehead atoms. The second-order valence-corrected chi connectivity index (χ2v) is 7.77. The van der Waals surface area contributed by atoms with Crippen molar-refractivity contribution in [1.29, 1.82) is 0 Å². The molecule has 0 heterocycles. The fourth-order valence-electron chi connectivity index (χ4n) is 2.45. The summed E-state index contributed by atoms with van der Waals surface area (Å²) in [6, 6.07) is 11.3. The number of rotatable bonds is 4. The molecule has 3 rings (SSSR count). The van der Waals surface area contributed by atoms with Gasteiger partial charge in [-0.2, -0.15) is 8.42 Å². The average molecular weight is 407 g/mol. The van der Waals surface area contributed by atoms with Crippen LogP contribution in [0.3, 0.4) is 0 Å². The Morgan fingerprint density at radius 3 is 2.41 bits per heavy atom. The maximum absolute atomic E-state index is 11.7. The van der Waals surface area contributed by atoms with Gasteiger partial charge in [0.15, 0.2) is 16.8 Å². The summed E-state index contributed by atoms with van der Waals surface area (Å²) in [5.41, 5.74) is 5.48. The molecule has 0 aromatic heterocycles. The molecule has 27 heavy (non-hydrogen) atoms. The van der Waals surface area contributed by atoms with Gasteiger partial charge in [-0.05, 0) is 41.8 Å². The van der Waals surface area contributed by atoms with Gasteiger partial charge in [0.25, 0.3) is 10.1 Å². The van der Waals surface area contributed by atoms with E-state index in [9.17, 15) is 26.8 Å². The van der Waals surface area contributed by atoms with Crippen LogP contribution >= 0.6 is 0 Å². The van der Waals surface area contributed by atoms with E-state index in [2.05, 4.69) is 10.2 Å². The summed E-state index contributed by atoms with van der Waals surface area (Å²) in [5, 5.41) is 18.5. The minimum Gasteiger partial charge on any atom is -0.505 e. The molecule has 1 atom stereocenters. The second kappa shape index (κ2) is 7.04. The van der Waals surface area contributed by atoms with E-state index in [0.29, 0.717) is 5.69 Å². The highest BCUT2D eigenvalue weighted by molar-refractivity contribution is 7.86. The van der Waals surface area contributed by atoms with Crippen molar-refractivity contribution >= 4 is 49.0 Å². The maximum Gasteiger partial charge on any atom is 0.296 e. The zero-order valence-electron chi connectivity index (χ0n) is 13.5. The first-order valence-corrected chi connectivity index (χ1v) is 9.87. The molecule has 0 radical (unpaired) electrons. The molecule has 0 aliphatic rings. The Morgan fingerprint density at radius 1 is 1.04 bits per heavy atom. The molecule has 9 nitrogen and oxygen atoms in total. The summed E-state index contributed by atoms with van der Waals surface area (Å²) >= 11 is -2.35. The summed E-state index contributed by atoms with van der Waals surface area (Å²) in [6.45, 7) is 0. The van der Waals surface area contributed by atoms with Crippen molar-refractivity contribution in [1.82, 2.24) is 0 Å². The number of anilines is 1. The first kappa shape index (κ1) is 18.9. The summed E-state index contributed by atoms with van der Waals surface area (Å²) in [7, 11) is -4.76. The van der Waals surface area contributed by atoms with Crippen molar-refractivity contribution in [3.63, 3.8) is 0 Å². The van der Waals surface area contributed by atoms with E-state index in [0.717, 1.165) is 6.07 Å². The van der Waals surface area contributed by atoms with Crippen molar-refractivity contribution in [3.8, 4) is 5.75 Å². The Balaban J connectivity index is 2.26. The lowest BCUT2D eigenvalue weighted by atomic mass is 10.1. The highest BCUT2D eigenvalue weighted by Gasteiger charge is 2.22. The molecule has 3 aromatic carbocycles. The monoisotopic (exact) mass is 407 g/mol. The molecule has 0 aliphatic heterocycles. The number of phenolic OH excluding ortho intramolecular Hbond substituents is 1. The van der Waals surface area contributed by atoms with Crippen LogP contribution in [0.2, 0.25) is 0 Å². The third-order valence-electron chi connectivity index (χ3n) is 3.66. The van der Waals surface area contributed by atoms with E-state index in [1.165, 1.54) is 42.5 Å². The normalized spacial score (nSPS) is 13.3. The zero-order valence-corrected chi connectivity index (χ0v) is 15.1. The average Bonchev–Trinajstić information content (AvgIpc) is 2.59. The molecule has 11 heteroatoms. The fourth-order valence-corrected chi connectivity index (χ4v) is 3.60. The van der Waals surface area contributed by atoms with Gasteiger partial charge in [-0.25, -0.2) is 4.21 Å². The standard InChI is InChI=1S/C16H13N3O6S2/c17-10-5-6-11-9(7-10)8-14(27(23,24)25)15(16(11)20)19-18-12-3-1-2-4-13(12)26(21)22/h1-8,20H,17H2,(H,21,22)(H,23,24,25). The van der Waals surface area contributed by atoms with Crippen molar-refractivity contribution < 1.29 is 26.8 Å². The molecule has 0 saturated heterocycles. The van der Waals surface area contributed by atoms with Crippen LogP contribution in [0.1, 0.15) is 0 Å². The lowest BCUT2D eigenvalue weighted by molar-refractivity contribution is 0.472. The summed E-state index contributed by atoms with van der Waals surface area (Å²) < 4.78 is 53.6. The number of aromatic hydroxyl groups is 1. The van der Waals surface area contributed by atoms with Gasteiger partial charge in [0.05, 0.1) is 4.90 Å². The van der Waals surface area contributed by atoms with Crippen LogP contribution in [0.25, 0.3) is 10.8 Å². The number of nitrogens with zero attached hydrogens (tertiary/aromatic N) is 2. The van der Waals surface area contributed by atoms with E-state index in [1.807, 2.05) is 0 Å². The van der Waals surface area contributed by atoms with Gasteiger partial charge in [0, 0.05) is 11.1 Å². The first-order chi connectivity index (χ1) is 12.7. The number of hydrogen-bond donors (Lipinski definition) is 4. The topological polar surface area (TPSA) is 163 Å². The molecular formula is C16H13N3O6S2. The lowest BCUT2D eigenvalue weighted by Crippen LogP contribution is -1.99. The maximum atomic E-state index is 11.7. The summed E-state index contributed by atoms with van der Waals surface area (Å²) in [6.07, 6.45) is 0. The molecule has 0 amide bonds. The molecule has 5 N–H and O–H groups in total. The summed E-state index contributed by atoms with van der Waals surface area (Å²) in [4.78, 5) is -0.729. The number of nitrogen functional groups attached to an aromatic ring is 1. The minimum absolute atomic E-state index is 0.00331. The van der Waals surface area contributed by atoms with Gasteiger partial charge >= 0.3 is 0 Å². The van der Waals surface area contributed by atoms with Gasteiger partial charge in [0.2, 0.25) is 0 Å². The highest BCUT2D eigenvalue weighted by atomic mass is 32.2. The number of nitrogens with two attached hydrogens (primary N) is 1. The van der Waals surface area contributed by atoms with Gasteiger partial charge in [-0.15, -0.1) is 10.2 Å². The minimum atomic E-state index is -4.76. The van der Waals surface area contributed by atoms with Crippen molar-refractivity contribution in [2.75, 3.05) is 5.73 Å². The largest absolute Gasteiger partial charge is 0.505 e. The molecular weight excluding hydrogens is 394 g/mol. The Hall–Kier alpha value is -2.86. The first-order valence-electron chi connectivity index (χ1n) is 7.33. The molecule has 3 aromatic rings. The summed E-state index contributed by atoms with van der Waals surface area (Å²) in [5.74, 6) is -0.536. The van der Waals surface area contributed by atoms with Gasteiger partial charge in [0.1, 0.15) is 16.3 Å². The number of azo groups is 1. The smallest absolute Gasteiger partial charge is 0.296 e. The molecule has 0 saturated carbocycles. The van der Waals surface area contributed by atoms with E-state index >= 15 is 0 Å². The van der Waals surface area contributed by atoms with Gasteiger partial charge in [-0.1, -0.05) is 12.1 Å². The van der Waals surface area contributed by atoms with Crippen LogP contribution in [0, 0.1) is 0 Å². The second-order valence-electron chi connectivity index (χ2n) is 5.44. The molecule has 1 unspecified atom stereocenters. The van der Waals surface area contributed by atoms with E-state index in [1.54, 1.807) is 0 Å². The predicted molar refractivity (Wildman–Crippen MR) is 99.5 cm³/mol. The Morgan fingerprint density at radius 2 is 1.74 bits per heavy atom. The van der Waals surface area contributed by atoms with Crippen LogP contribution in [-0.2, 0) is 21.2 Å². The molecule has 140 valence electrons. The van der Waals surface area contributed by atoms with Crippen LogP contribution in [0.15, 0.2) is 68.6 Å². The van der Waals surface area contributed by atoms with Crippen LogP contribution in [-0.4, -0.2) is 26.8 Å². The number of hydrogen-bond acceptors (Lipinski definition) is 7. The Bertz CT molecular complexity index is 1210. The van der Waals surface area contributed by atoms with E-state index in [-0.39, 0.29) is 21.4 Å². The number of phenols is 1. The fraction of sp³-hybridized carbons (Fsp3) is 0. The third kappa shape index (κ3) is 3.80. The molecule has 0 fully saturated rings. The van der Waals surface area contributed by atoms with Crippen LogP contribution in [0.4, 0.5) is 17.1 Å². The van der Waals surface area contributed by atoms with Crippen molar-refractivity contribution in [2.24, 2.45) is 10.2 Å². The SMILES string of the molecule is Nc1ccc2c(O)c(N=Nc3ccccc3S(=O)O)c(S(=O)(=O)O)cc2c1. The zero-order chi connectivity index (χ0) is 19.8. The Labute approximate surface area is 156 Å². The Kier molecular flexibility index (Phi) is 4.93. The van der Waals surface area contributed by atoms with Crippen LogP contribution < -0.4 is 5.73 Å². The van der Waals surface area contributed by atoms with Crippen LogP contribution in [0.5, 0.6) is 5.75 Å². The highest BCUT2D eigenvalue weighted by Crippen LogP contribution is 2.42. The lowest BCUT2D eigenvalue weighted by Gasteiger charge is -2.09. The third-order valence-corrected chi connectivity index (χ3v) is 5.25. The predicted octanol–water partition coefficient (Wildman–Crippen LogP) is 3.37. The van der Waals surface area contributed by atoms with E-state index < -0.39 is 37.5 Å². The quantitative estimate of drug-likeness (QED) is 0.223. The van der Waals surface area contributed by atoms with Crippen molar-refractivity contribution in [2.45, 2.75) is 9.79 Å². The number of fused-ring (bicyclic) bond motifs is 1.